The van der Waals surface area contributed by atoms with E-state index in [2.05, 4.69) is 36.1 Å². The van der Waals surface area contributed by atoms with Crippen molar-refractivity contribution in [3.8, 4) is 12.3 Å². The van der Waals surface area contributed by atoms with Crippen molar-refractivity contribution < 1.29 is 0 Å². The lowest BCUT2D eigenvalue weighted by atomic mass is 10.1. The monoisotopic (exact) mass is 202 g/mol. The zero-order valence-corrected chi connectivity index (χ0v) is 9.46. The van der Waals surface area contributed by atoms with E-state index in [1.165, 1.54) is 5.56 Å². The molecule has 1 rings (SSSR count). The van der Waals surface area contributed by atoms with E-state index in [0.717, 1.165) is 25.1 Å². The van der Waals surface area contributed by atoms with E-state index in [1.54, 1.807) is 0 Å². The average molecular weight is 202 g/mol. The highest BCUT2D eigenvalue weighted by atomic mass is 14.9. The van der Waals surface area contributed by atoms with Gasteiger partial charge in [0.05, 0.1) is 11.7 Å². The number of aromatic nitrogens is 1. The lowest BCUT2D eigenvalue weighted by Crippen LogP contribution is -2.27. The number of rotatable bonds is 5. The third kappa shape index (κ3) is 3.73. The Morgan fingerprint density at radius 1 is 1.60 bits per heavy atom. The van der Waals surface area contributed by atoms with Crippen molar-refractivity contribution in [3.63, 3.8) is 0 Å². The summed E-state index contributed by atoms with van der Waals surface area (Å²) in [7, 11) is 0. The highest BCUT2D eigenvalue weighted by Crippen LogP contribution is 2.04. The van der Waals surface area contributed by atoms with Gasteiger partial charge in [-0.1, -0.05) is 25.3 Å². The van der Waals surface area contributed by atoms with Gasteiger partial charge >= 0.3 is 0 Å². The number of aryl methyl sites for hydroxylation is 1. The fraction of sp³-hybridized carbons (Fsp3) is 0.462. The Labute approximate surface area is 92.1 Å². The average Bonchev–Trinajstić information content (AvgIpc) is 2.26. The van der Waals surface area contributed by atoms with Crippen LogP contribution in [0.15, 0.2) is 18.3 Å². The van der Waals surface area contributed by atoms with Crippen molar-refractivity contribution in [3.05, 3.63) is 29.6 Å². The lowest BCUT2D eigenvalue weighted by molar-refractivity contribution is 0.556. The Morgan fingerprint density at radius 2 is 2.40 bits per heavy atom. The standard InChI is InChI=1S/C13H18N2/c1-4-7-12(5-2)15-10-13-11(3)8-6-9-14-13/h2,6,8-9,12,15H,4,7,10H2,1,3H3. The maximum absolute atomic E-state index is 5.43. The molecule has 1 atom stereocenters. The fourth-order valence-electron chi connectivity index (χ4n) is 1.46. The first kappa shape index (κ1) is 11.7. The van der Waals surface area contributed by atoms with Gasteiger partial charge in [-0.15, -0.1) is 6.42 Å². The van der Waals surface area contributed by atoms with Crippen LogP contribution in [0.2, 0.25) is 0 Å². The second-order valence-corrected chi connectivity index (χ2v) is 3.66. The van der Waals surface area contributed by atoms with Gasteiger partial charge in [0.2, 0.25) is 0 Å². The van der Waals surface area contributed by atoms with Crippen LogP contribution >= 0.6 is 0 Å². The number of nitrogens with one attached hydrogen (secondary N) is 1. The van der Waals surface area contributed by atoms with Crippen LogP contribution in [0.5, 0.6) is 0 Å². The number of hydrogen-bond acceptors (Lipinski definition) is 2. The molecule has 1 unspecified atom stereocenters. The largest absolute Gasteiger partial charge is 0.298 e. The van der Waals surface area contributed by atoms with E-state index < -0.39 is 0 Å². The summed E-state index contributed by atoms with van der Waals surface area (Å²) in [6, 6.07) is 4.18. The smallest absolute Gasteiger partial charge is 0.0689 e. The normalized spacial score (nSPS) is 12.1. The quantitative estimate of drug-likeness (QED) is 0.741. The van der Waals surface area contributed by atoms with E-state index in [9.17, 15) is 0 Å². The van der Waals surface area contributed by atoms with Crippen molar-refractivity contribution in [2.24, 2.45) is 0 Å². The third-order valence-electron chi connectivity index (χ3n) is 2.41. The molecule has 2 heteroatoms. The molecule has 15 heavy (non-hydrogen) atoms. The molecule has 0 aliphatic rings. The van der Waals surface area contributed by atoms with Crippen LogP contribution in [0.4, 0.5) is 0 Å². The van der Waals surface area contributed by atoms with Gasteiger partial charge < -0.3 is 0 Å². The summed E-state index contributed by atoms with van der Waals surface area (Å²) in [6.07, 6.45) is 9.36. The molecule has 0 amide bonds. The number of hydrogen-bond donors (Lipinski definition) is 1. The van der Waals surface area contributed by atoms with Crippen molar-refractivity contribution in [1.29, 1.82) is 0 Å². The summed E-state index contributed by atoms with van der Waals surface area (Å²) in [6.45, 7) is 4.95. The highest BCUT2D eigenvalue weighted by Gasteiger charge is 2.04. The first-order valence-electron chi connectivity index (χ1n) is 5.38. The summed E-state index contributed by atoms with van der Waals surface area (Å²) in [4.78, 5) is 4.31. The molecule has 0 spiro atoms. The molecule has 0 bridgehead atoms. The number of pyridine rings is 1. The van der Waals surface area contributed by atoms with E-state index in [-0.39, 0.29) is 6.04 Å². The Morgan fingerprint density at radius 3 is 3.00 bits per heavy atom. The number of nitrogens with zero attached hydrogens (tertiary/aromatic N) is 1. The van der Waals surface area contributed by atoms with Gasteiger partial charge in [0.15, 0.2) is 0 Å². The minimum Gasteiger partial charge on any atom is -0.298 e. The third-order valence-corrected chi connectivity index (χ3v) is 2.41. The van der Waals surface area contributed by atoms with Crippen molar-refractivity contribution >= 4 is 0 Å². The van der Waals surface area contributed by atoms with Crippen LogP contribution < -0.4 is 5.32 Å². The Hall–Kier alpha value is -1.33. The highest BCUT2D eigenvalue weighted by molar-refractivity contribution is 5.17. The molecule has 1 aromatic rings. The minimum atomic E-state index is 0.163. The molecule has 0 saturated heterocycles. The summed E-state index contributed by atoms with van der Waals surface area (Å²) in [5, 5.41) is 3.33. The second kappa shape index (κ2) is 6.21. The van der Waals surface area contributed by atoms with Gasteiger partial charge in [-0.3, -0.25) is 10.3 Å². The van der Waals surface area contributed by atoms with Crippen LogP contribution in [0, 0.1) is 19.3 Å². The molecule has 0 fully saturated rings. The van der Waals surface area contributed by atoms with Crippen LogP contribution in [0.3, 0.4) is 0 Å². The van der Waals surface area contributed by atoms with Gasteiger partial charge in [-0.25, -0.2) is 0 Å². The second-order valence-electron chi connectivity index (χ2n) is 3.66. The van der Waals surface area contributed by atoms with Crippen LogP contribution in [0.25, 0.3) is 0 Å². The molecule has 1 heterocycles. The lowest BCUT2D eigenvalue weighted by Gasteiger charge is -2.12. The SMILES string of the molecule is C#CC(CCC)NCc1ncccc1C. The molecule has 0 aliphatic heterocycles. The van der Waals surface area contributed by atoms with E-state index >= 15 is 0 Å². The molecule has 0 aromatic carbocycles. The van der Waals surface area contributed by atoms with E-state index in [4.69, 9.17) is 6.42 Å². The van der Waals surface area contributed by atoms with Crippen LogP contribution in [-0.2, 0) is 6.54 Å². The summed E-state index contributed by atoms with van der Waals surface area (Å²) in [5.74, 6) is 2.75. The minimum absolute atomic E-state index is 0.163. The maximum atomic E-state index is 5.43. The molecule has 0 saturated carbocycles. The Bertz CT molecular complexity index is 339. The van der Waals surface area contributed by atoms with Crippen LogP contribution in [-0.4, -0.2) is 11.0 Å². The van der Waals surface area contributed by atoms with Gasteiger partial charge in [0.25, 0.3) is 0 Å². The predicted molar refractivity (Wildman–Crippen MR) is 63.3 cm³/mol. The van der Waals surface area contributed by atoms with Gasteiger partial charge in [0.1, 0.15) is 0 Å². The number of terminal acetylenes is 1. The maximum Gasteiger partial charge on any atom is 0.0689 e. The van der Waals surface area contributed by atoms with Crippen molar-refractivity contribution in [1.82, 2.24) is 10.3 Å². The van der Waals surface area contributed by atoms with Crippen molar-refractivity contribution in [2.45, 2.75) is 39.3 Å². The molecule has 1 N–H and O–H groups in total. The fourth-order valence-corrected chi connectivity index (χ4v) is 1.46. The van der Waals surface area contributed by atoms with Gasteiger partial charge in [-0.05, 0) is 25.0 Å². The molecule has 0 aliphatic carbocycles. The molecular formula is C13H18N2. The molecule has 1 aromatic heterocycles. The first-order chi connectivity index (χ1) is 7.27. The Balaban J connectivity index is 2.50. The summed E-state index contributed by atoms with van der Waals surface area (Å²) in [5.41, 5.74) is 2.28. The van der Waals surface area contributed by atoms with E-state index in [0.29, 0.717) is 0 Å². The zero-order chi connectivity index (χ0) is 11.1. The molecular weight excluding hydrogens is 184 g/mol. The molecule has 2 nitrogen and oxygen atoms in total. The zero-order valence-electron chi connectivity index (χ0n) is 9.46. The first-order valence-corrected chi connectivity index (χ1v) is 5.38. The predicted octanol–water partition coefficient (Wildman–Crippen LogP) is 2.28. The summed E-state index contributed by atoms with van der Waals surface area (Å²) >= 11 is 0. The van der Waals surface area contributed by atoms with Crippen LogP contribution in [0.1, 0.15) is 31.0 Å². The van der Waals surface area contributed by atoms with Gasteiger partial charge in [-0.2, -0.15) is 0 Å². The van der Waals surface area contributed by atoms with Gasteiger partial charge in [0, 0.05) is 12.7 Å². The van der Waals surface area contributed by atoms with Crippen molar-refractivity contribution in [2.75, 3.05) is 0 Å². The topological polar surface area (TPSA) is 24.9 Å². The van der Waals surface area contributed by atoms with E-state index in [1.807, 2.05) is 12.3 Å². The molecule has 0 radical (unpaired) electrons. The molecule has 80 valence electrons. The summed E-state index contributed by atoms with van der Waals surface area (Å²) < 4.78 is 0. The Kier molecular flexibility index (Phi) is 4.86.